The third-order valence-corrected chi connectivity index (χ3v) is 3.95. The van der Waals surface area contributed by atoms with E-state index in [2.05, 4.69) is 32.5 Å². The number of hydrazine groups is 1. The van der Waals surface area contributed by atoms with Crippen molar-refractivity contribution in [3.05, 3.63) is 18.2 Å². The summed E-state index contributed by atoms with van der Waals surface area (Å²) < 4.78 is 1.83. The number of hydrogen-bond acceptors (Lipinski definition) is 8. The lowest BCUT2D eigenvalue weighted by molar-refractivity contribution is -0.109. The quantitative estimate of drug-likeness (QED) is 0.617. The Balaban J connectivity index is 2.04. The van der Waals surface area contributed by atoms with E-state index < -0.39 is 0 Å². The highest BCUT2D eigenvalue weighted by molar-refractivity contribution is 5.84. The average molecular weight is 345 g/mol. The van der Waals surface area contributed by atoms with Crippen molar-refractivity contribution < 1.29 is 4.79 Å². The monoisotopic (exact) mass is 345 g/mol. The summed E-state index contributed by atoms with van der Waals surface area (Å²) in [6.45, 7) is 7.54. The summed E-state index contributed by atoms with van der Waals surface area (Å²) in [6.07, 6.45) is 5.28. The molecule has 2 aromatic heterocycles. The van der Waals surface area contributed by atoms with Crippen LogP contribution in [0.2, 0.25) is 0 Å². The zero-order chi connectivity index (χ0) is 18.0. The van der Waals surface area contributed by atoms with Crippen LogP contribution in [0.5, 0.6) is 0 Å². The van der Waals surface area contributed by atoms with Gasteiger partial charge in [0.2, 0.25) is 12.4 Å². The molecule has 0 spiro atoms. The molecule has 1 aliphatic heterocycles. The third-order valence-electron chi connectivity index (χ3n) is 3.95. The predicted molar refractivity (Wildman–Crippen MR) is 95.9 cm³/mol. The summed E-state index contributed by atoms with van der Waals surface area (Å²) >= 11 is 0. The van der Waals surface area contributed by atoms with Crippen LogP contribution in [0.15, 0.2) is 18.2 Å². The van der Waals surface area contributed by atoms with Crippen LogP contribution in [0.4, 0.5) is 11.8 Å². The zero-order valence-corrected chi connectivity index (χ0v) is 14.6. The van der Waals surface area contributed by atoms with E-state index in [1.165, 1.54) is 0 Å². The van der Waals surface area contributed by atoms with Gasteiger partial charge in [0.05, 0.1) is 6.04 Å². The van der Waals surface area contributed by atoms with Crippen LogP contribution in [0, 0.1) is 0 Å². The van der Waals surface area contributed by atoms with E-state index >= 15 is 0 Å². The molecule has 0 aromatic carbocycles. The molecule has 1 amide bonds. The van der Waals surface area contributed by atoms with Gasteiger partial charge in [-0.05, 0) is 26.3 Å². The second-order valence-electron chi connectivity index (χ2n) is 5.71. The molecule has 10 nitrogen and oxygen atoms in total. The second kappa shape index (κ2) is 6.83. The number of amides is 1. The normalized spacial score (nSPS) is 17.1. The van der Waals surface area contributed by atoms with Crippen molar-refractivity contribution in [1.29, 1.82) is 0 Å². The molecule has 25 heavy (non-hydrogen) atoms. The maximum Gasteiger partial charge on any atom is 0.224 e. The summed E-state index contributed by atoms with van der Waals surface area (Å²) in [7, 11) is 0. The minimum absolute atomic E-state index is 0.00282. The average Bonchev–Trinajstić information content (AvgIpc) is 3.13. The summed E-state index contributed by atoms with van der Waals surface area (Å²) in [5, 5.41) is 9.88. The first-order valence-corrected chi connectivity index (χ1v) is 8.34. The van der Waals surface area contributed by atoms with Gasteiger partial charge in [0, 0.05) is 13.1 Å². The zero-order valence-electron chi connectivity index (χ0n) is 14.6. The van der Waals surface area contributed by atoms with Gasteiger partial charge in [-0.2, -0.15) is 9.97 Å². The third kappa shape index (κ3) is 2.90. The molecule has 134 valence electrons. The Kier molecular flexibility index (Phi) is 4.59. The molecule has 3 rings (SSSR count). The lowest BCUT2D eigenvalue weighted by atomic mass is 10.3. The van der Waals surface area contributed by atoms with Crippen LogP contribution in [-0.4, -0.2) is 50.2 Å². The highest BCUT2D eigenvalue weighted by atomic mass is 16.1. The number of anilines is 2. The maximum absolute atomic E-state index is 10.9. The number of aromatic nitrogens is 4. The number of carbonyl (C=O) groups excluding carboxylic acids is 1. The van der Waals surface area contributed by atoms with Crippen LogP contribution in [0.1, 0.15) is 27.2 Å². The Morgan fingerprint density at radius 1 is 1.36 bits per heavy atom. The van der Waals surface area contributed by atoms with Crippen LogP contribution in [0.3, 0.4) is 0 Å². The number of nitrogens with one attached hydrogen (secondary N) is 2. The molecule has 0 aliphatic carbocycles. The van der Waals surface area contributed by atoms with Crippen molar-refractivity contribution >= 4 is 29.3 Å². The standard InChI is InChI=1S/C15H23N9O/c1-4-6-17-13-12-14(21-15(16)20-13)23(8-18-12)24-10(3)7-11(19-9-25)22(24)5-2/h7-10H,4-6H2,1-3H3,(H,19,25)(H3,16,17,20,21). The van der Waals surface area contributed by atoms with Crippen molar-refractivity contribution in [3.63, 3.8) is 0 Å². The molecule has 0 bridgehead atoms. The number of imidazole rings is 1. The predicted octanol–water partition coefficient (Wildman–Crippen LogP) is 0.395. The van der Waals surface area contributed by atoms with Gasteiger partial charge in [0.15, 0.2) is 17.0 Å². The SMILES string of the molecule is CCCNc1nc(N)nc2c1ncn2N1C(C)C=C(NC=O)N1CC. The van der Waals surface area contributed by atoms with E-state index in [0.29, 0.717) is 29.9 Å². The molecule has 1 unspecified atom stereocenters. The summed E-state index contributed by atoms with van der Waals surface area (Å²) in [4.78, 5) is 24.0. The van der Waals surface area contributed by atoms with Crippen molar-refractivity contribution in [2.24, 2.45) is 0 Å². The number of nitrogens with two attached hydrogens (primary N) is 1. The van der Waals surface area contributed by atoms with E-state index in [0.717, 1.165) is 18.8 Å². The van der Waals surface area contributed by atoms with E-state index in [1.807, 2.05) is 34.7 Å². The molecule has 0 saturated carbocycles. The van der Waals surface area contributed by atoms with Gasteiger partial charge in [-0.3, -0.25) is 9.80 Å². The second-order valence-corrected chi connectivity index (χ2v) is 5.71. The first kappa shape index (κ1) is 16.8. The van der Waals surface area contributed by atoms with E-state index in [4.69, 9.17) is 5.73 Å². The van der Waals surface area contributed by atoms with Gasteiger partial charge in [0.1, 0.15) is 12.1 Å². The molecule has 0 saturated heterocycles. The number of hydrogen-bond donors (Lipinski definition) is 3. The van der Waals surface area contributed by atoms with Crippen molar-refractivity contribution in [3.8, 4) is 0 Å². The van der Waals surface area contributed by atoms with E-state index in [9.17, 15) is 4.79 Å². The van der Waals surface area contributed by atoms with Crippen LogP contribution >= 0.6 is 0 Å². The van der Waals surface area contributed by atoms with E-state index in [1.54, 1.807) is 6.33 Å². The Labute approximate surface area is 145 Å². The number of rotatable bonds is 7. The Morgan fingerprint density at radius 3 is 2.84 bits per heavy atom. The molecule has 1 aliphatic rings. The number of nitrogen functional groups attached to an aromatic ring is 1. The smallest absolute Gasteiger partial charge is 0.224 e. The van der Waals surface area contributed by atoms with E-state index in [-0.39, 0.29) is 12.0 Å². The molecule has 10 heteroatoms. The first-order valence-electron chi connectivity index (χ1n) is 8.34. The fraction of sp³-hybridized carbons (Fsp3) is 0.467. The molecule has 0 fully saturated rings. The molecule has 0 radical (unpaired) electrons. The summed E-state index contributed by atoms with van der Waals surface area (Å²) in [6, 6.07) is 0.00282. The lowest BCUT2D eigenvalue weighted by Crippen LogP contribution is -2.50. The largest absolute Gasteiger partial charge is 0.368 e. The molecule has 3 heterocycles. The van der Waals surface area contributed by atoms with Gasteiger partial charge in [-0.15, -0.1) is 0 Å². The Hall–Kier alpha value is -3.04. The molecule has 1 atom stereocenters. The van der Waals surface area contributed by atoms with Gasteiger partial charge in [0.25, 0.3) is 0 Å². The van der Waals surface area contributed by atoms with Crippen molar-refractivity contribution in [1.82, 2.24) is 30.0 Å². The highest BCUT2D eigenvalue weighted by Crippen LogP contribution is 2.25. The topological polar surface area (TPSA) is 117 Å². The van der Waals surface area contributed by atoms with Crippen LogP contribution < -0.4 is 21.5 Å². The number of fused-ring (bicyclic) bond motifs is 1. The Bertz CT molecular complexity index is 800. The lowest BCUT2D eigenvalue weighted by Gasteiger charge is -2.35. The van der Waals surface area contributed by atoms with Crippen LogP contribution in [0.25, 0.3) is 11.2 Å². The van der Waals surface area contributed by atoms with Gasteiger partial charge >= 0.3 is 0 Å². The minimum Gasteiger partial charge on any atom is -0.368 e. The Morgan fingerprint density at radius 2 is 2.16 bits per heavy atom. The molecular weight excluding hydrogens is 322 g/mol. The van der Waals surface area contributed by atoms with Crippen molar-refractivity contribution in [2.75, 3.05) is 29.3 Å². The molecular formula is C15H23N9O. The first-order chi connectivity index (χ1) is 12.1. The number of nitrogens with zero attached hydrogens (tertiary/aromatic N) is 6. The highest BCUT2D eigenvalue weighted by Gasteiger charge is 2.30. The fourth-order valence-electron chi connectivity index (χ4n) is 2.94. The van der Waals surface area contributed by atoms with Crippen LogP contribution in [-0.2, 0) is 4.79 Å². The number of carbonyl (C=O) groups is 1. The molecule has 2 aromatic rings. The van der Waals surface area contributed by atoms with Crippen molar-refractivity contribution in [2.45, 2.75) is 33.2 Å². The fourth-order valence-corrected chi connectivity index (χ4v) is 2.94. The van der Waals surface area contributed by atoms with Gasteiger partial charge < -0.3 is 16.4 Å². The minimum atomic E-state index is 0.00282. The maximum atomic E-state index is 10.9. The summed E-state index contributed by atoms with van der Waals surface area (Å²) in [5.74, 6) is 1.53. The summed E-state index contributed by atoms with van der Waals surface area (Å²) in [5.41, 5.74) is 7.16. The molecule has 4 N–H and O–H groups in total. The van der Waals surface area contributed by atoms with Gasteiger partial charge in [-0.25, -0.2) is 14.8 Å². The van der Waals surface area contributed by atoms with Gasteiger partial charge in [-0.1, -0.05) is 6.92 Å².